The Labute approximate surface area is 91.1 Å². The average molecular weight is 216 g/mol. The zero-order valence-corrected chi connectivity index (χ0v) is 8.19. The summed E-state index contributed by atoms with van der Waals surface area (Å²) in [4.78, 5) is 33.6. The minimum Gasteiger partial charge on any atom is -0.303 e. The highest BCUT2D eigenvalue weighted by molar-refractivity contribution is 6.16. The van der Waals surface area contributed by atoms with Crippen molar-refractivity contribution in [2.45, 2.75) is 0 Å². The summed E-state index contributed by atoms with van der Waals surface area (Å²) in [5.41, 5.74) is 0.433. The van der Waals surface area contributed by atoms with Crippen LogP contribution in [0.15, 0.2) is 42.1 Å². The van der Waals surface area contributed by atoms with E-state index in [4.69, 9.17) is 0 Å². The van der Waals surface area contributed by atoms with Gasteiger partial charge in [0.25, 0.3) is 5.91 Å². The fourth-order valence-corrected chi connectivity index (χ4v) is 1.30. The third kappa shape index (κ3) is 1.98. The van der Waals surface area contributed by atoms with Crippen molar-refractivity contribution in [3.63, 3.8) is 0 Å². The van der Waals surface area contributed by atoms with Gasteiger partial charge in [-0.15, -0.1) is 0 Å². The molecule has 1 fully saturated rings. The molecule has 0 aromatic heterocycles. The van der Waals surface area contributed by atoms with Crippen LogP contribution in [-0.2, 0) is 4.79 Å². The molecule has 0 bridgehead atoms. The van der Waals surface area contributed by atoms with Crippen molar-refractivity contribution in [3.8, 4) is 0 Å². The maximum absolute atomic E-state index is 11.6. The average Bonchev–Trinajstić information content (AvgIpc) is 2.59. The van der Waals surface area contributed by atoms with Crippen LogP contribution in [-0.4, -0.2) is 17.7 Å². The van der Waals surface area contributed by atoms with E-state index in [1.165, 1.54) is 0 Å². The second kappa shape index (κ2) is 3.98. The van der Waals surface area contributed by atoms with Crippen molar-refractivity contribution in [1.82, 2.24) is 10.6 Å². The Balaban J connectivity index is 2.22. The Morgan fingerprint density at radius 2 is 1.75 bits per heavy atom. The molecule has 0 saturated carbocycles. The highest BCUT2D eigenvalue weighted by Gasteiger charge is 2.23. The number of imide groups is 1. The van der Waals surface area contributed by atoms with E-state index in [2.05, 4.69) is 5.32 Å². The summed E-state index contributed by atoms with van der Waals surface area (Å²) in [6.07, 6.45) is 1.11. The number of allylic oxidation sites excluding steroid dienone is 1. The molecule has 0 aliphatic carbocycles. The van der Waals surface area contributed by atoms with E-state index in [1.807, 2.05) is 5.32 Å². The Hall–Kier alpha value is -2.43. The number of ketones is 1. The van der Waals surface area contributed by atoms with Crippen LogP contribution in [0, 0.1) is 0 Å². The van der Waals surface area contributed by atoms with E-state index in [0.29, 0.717) is 5.56 Å². The maximum atomic E-state index is 11.6. The summed E-state index contributed by atoms with van der Waals surface area (Å²) in [5, 5.41) is 4.26. The summed E-state index contributed by atoms with van der Waals surface area (Å²) in [7, 11) is 0. The number of hydrogen-bond donors (Lipinski definition) is 2. The van der Waals surface area contributed by atoms with Gasteiger partial charge in [-0.2, -0.15) is 0 Å². The standard InChI is InChI=1S/C11H8N2O3/c14-9(7-4-2-1-3-5-7)6-8-10(15)13-11(16)12-8/h1-6H,(H2,12,13,15,16)/b8-6+. The summed E-state index contributed by atoms with van der Waals surface area (Å²) < 4.78 is 0. The second-order valence-electron chi connectivity index (χ2n) is 3.20. The molecule has 5 nitrogen and oxygen atoms in total. The molecule has 1 aromatic carbocycles. The number of nitrogens with one attached hydrogen (secondary N) is 2. The molecule has 1 aliphatic heterocycles. The normalized spacial score (nSPS) is 17.1. The van der Waals surface area contributed by atoms with Gasteiger partial charge in [0.15, 0.2) is 5.78 Å². The SMILES string of the molecule is O=C1NC(=O)/C(=C\C(=O)c2ccccc2)N1. The highest BCUT2D eigenvalue weighted by atomic mass is 16.2. The summed E-state index contributed by atoms with van der Waals surface area (Å²) in [6.45, 7) is 0. The molecule has 0 radical (unpaired) electrons. The van der Waals surface area contributed by atoms with Crippen LogP contribution < -0.4 is 10.6 Å². The number of urea groups is 1. The van der Waals surface area contributed by atoms with Crippen molar-refractivity contribution >= 4 is 17.7 Å². The van der Waals surface area contributed by atoms with Crippen molar-refractivity contribution in [2.24, 2.45) is 0 Å². The fraction of sp³-hybridized carbons (Fsp3) is 0. The Kier molecular flexibility index (Phi) is 2.51. The Morgan fingerprint density at radius 3 is 2.31 bits per heavy atom. The molecule has 0 spiro atoms. The van der Waals surface area contributed by atoms with Gasteiger partial charge < -0.3 is 5.32 Å². The summed E-state index contributed by atoms with van der Waals surface area (Å²) >= 11 is 0. The van der Waals surface area contributed by atoms with Gasteiger partial charge in [0, 0.05) is 11.6 Å². The van der Waals surface area contributed by atoms with Crippen molar-refractivity contribution in [1.29, 1.82) is 0 Å². The first-order valence-electron chi connectivity index (χ1n) is 4.60. The molecule has 80 valence electrons. The smallest absolute Gasteiger partial charge is 0.303 e. The Bertz CT molecular complexity index is 491. The van der Waals surface area contributed by atoms with E-state index in [9.17, 15) is 14.4 Å². The van der Waals surface area contributed by atoms with Crippen LogP contribution in [0.1, 0.15) is 10.4 Å². The van der Waals surface area contributed by atoms with Crippen LogP contribution in [0.25, 0.3) is 0 Å². The molecule has 2 N–H and O–H groups in total. The molecule has 2 rings (SSSR count). The van der Waals surface area contributed by atoms with Crippen LogP contribution in [0.5, 0.6) is 0 Å². The quantitative estimate of drug-likeness (QED) is 0.431. The lowest BCUT2D eigenvalue weighted by Gasteiger charge is -1.95. The van der Waals surface area contributed by atoms with Gasteiger partial charge in [-0.1, -0.05) is 30.3 Å². The number of amides is 3. The number of hydrogen-bond acceptors (Lipinski definition) is 3. The van der Waals surface area contributed by atoms with Crippen LogP contribution in [0.2, 0.25) is 0 Å². The van der Waals surface area contributed by atoms with Gasteiger partial charge in [-0.3, -0.25) is 14.9 Å². The summed E-state index contributed by atoms with van der Waals surface area (Å²) in [6, 6.07) is 7.88. The lowest BCUT2D eigenvalue weighted by Crippen LogP contribution is -2.22. The monoisotopic (exact) mass is 216 g/mol. The molecule has 5 heteroatoms. The van der Waals surface area contributed by atoms with Crippen LogP contribution in [0.3, 0.4) is 0 Å². The largest absolute Gasteiger partial charge is 0.326 e. The van der Waals surface area contributed by atoms with E-state index in [0.717, 1.165) is 6.08 Å². The summed E-state index contributed by atoms with van der Waals surface area (Å²) in [5.74, 6) is -0.915. The predicted molar refractivity (Wildman–Crippen MR) is 55.5 cm³/mol. The molecule has 3 amide bonds. The van der Waals surface area contributed by atoms with Crippen molar-refractivity contribution in [3.05, 3.63) is 47.7 Å². The number of carbonyl (C=O) groups excluding carboxylic acids is 3. The first kappa shape index (κ1) is 10.1. The van der Waals surface area contributed by atoms with Gasteiger partial charge in [-0.05, 0) is 0 Å². The minimum atomic E-state index is -0.614. The van der Waals surface area contributed by atoms with E-state index >= 15 is 0 Å². The number of carbonyl (C=O) groups is 3. The number of rotatable bonds is 2. The first-order valence-corrected chi connectivity index (χ1v) is 4.60. The lowest BCUT2D eigenvalue weighted by molar-refractivity contribution is -0.115. The molecule has 1 saturated heterocycles. The highest BCUT2D eigenvalue weighted by Crippen LogP contribution is 2.04. The molecule has 0 atom stereocenters. The van der Waals surface area contributed by atoms with Gasteiger partial charge in [0.05, 0.1) is 0 Å². The fourth-order valence-electron chi connectivity index (χ4n) is 1.30. The molecule has 0 unspecified atom stereocenters. The third-order valence-electron chi connectivity index (χ3n) is 2.05. The van der Waals surface area contributed by atoms with Gasteiger partial charge in [-0.25, -0.2) is 4.79 Å². The molecule has 16 heavy (non-hydrogen) atoms. The first-order chi connectivity index (χ1) is 7.66. The second-order valence-corrected chi connectivity index (χ2v) is 3.20. The molecular weight excluding hydrogens is 208 g/mol. The lowest BCUT2D eigenvalue weighted by atomic mass is 10.1. The zero-order valence-electron chi connectivity index (χ0n) is 8.19. The van der Waals surface area contributed by atoms with E-state index in [1.54, 1.807) is 30.3 Å². The zero-order chi connectivity index (χ0) is 11.5. The molecular formula is C11H8N2O3. The topological polar surface area (TPSA) is 75.3 Å². The van der Waals surface area contributed by atoms with Crippen molar-refractivity contribution in [2.75, 3.05) is 0 Å². The third-order valence-corrected chi connectivity index (χ3v) is 2.05. The maximum Gasteiger partial charge on any atom is 0.326 e. The van der Waals surface area contributed by atoms with Gasteiger partial charge in [0.2, 0.25) is 0 Å². The van der Waals surface area contributed by atoms with E-state index < -0.39 is 11.9 Å². The molecule has 1 heterocycles. The minimum absolute atomic E-state index is 0.0288. The van der Waals surface area contributed by atoms with Crippen LogP contribution >= 0.6 is 0 Å². The van der Waals surface area contributed by atoms with Gasteiger partial charge >= 0.3 is 6.03 Å². The van der Waals surface area contributed by atoms with E-state index in [-0.39, 0.29) is 11.5 Å². The van der Waals surface area contributed by atoms with Gasteiger partial charge in [0.1, 0.15) is 5.70 Å². The van der Waals surface area contributed by atoms with Crippen molar-refractivity contribution < 1.29 is 14.4 Å². The predicted octanol–water partition coefficient (Wildman–Crippen LogP) is 0.593. The molecule has 1 aliphatic rings. The Morgan fingerprint density at radius 1 is 1.06 bits per heavy atom. The molecule has 1 aromatic rings. The van der Waals surface area contributed by atoms with Crippen LogP contribution in [0.4, 0.5) is 4.79 Å². The number of benzene rings is 1.